The third-order valence-corrected chi connectivity index (χ3v) is 5.00. The Kier molecular flexibility index (Phi) is 10.5. The number of nitrogen functional groups attached to an aromatic ring is 1. The van der Waals surface area contributed by atoms with Gasteiger partial charge in [0.1, 0.15) is 12.4 Å². The van der Waals surface area contributed by atoms with Gasteiger partial charge in [0.2, 0.25) is 0 Å². The second-order valence-corrected chi connectivity index (χ2v) is 7.84. The molecular formula is C26H31N3O6. The van der Waals surface area contributed by atoms with Gasteiger partial charge in [-0.25, -0.2) is 0 Å². The van der Waals surface area contributed by atoms with Gasteiger partial charge >= 0.3 is 6.15 Å². The fourth-order valence-electron chi connectivity index (χ4n) is 3.36. The number of aromatic nitrogens is 1. The van der Waals surface area contributed by atoms with E-state index in [0.29, 0.717) is 35.1 Å². The molecule has 3 aromatic rings. The minimum atomic E-state index is -0.232. The number of rotatable bonds is 10. The van der Waals surface area contributed by atoms with Crippen LogP contribution in [-0.2, 0) is 9.59 Å². The Hall–Kier alpha value is -4.10. The van der Waals surface area contributed by atoms with Crippen LogP contribution < -0.4 is 25.3 Å². The smallest absolute Gasteiger partial charge is 0.373 e. The predicted molar refractivity (Wildman–Crippen MR) is 132 cm³/mol. The first kappa shape index (κ1) is 27.1. The van der Waals surface area contributed by atoms with E-state index in [-0.39, 0.29) is 24.7 Å². The minimum Gasteiger partial charge on any atom is -0.493 e. The van der Waals surface area contributed by atoms with Crippen LogP contribution in [0.2, 0.25) is 0 Å². The number of carbonyl (C=O) groups excluding carboxylic acids is 3. The van der Waals surface area contributed by atoms with Crippen molar-refractivity contribution in [3.63, 3.8) is 0 Å². The quantitative estimate of drug-likeness (QED) is 0.417. The molecule has 1 amide bonds. The standard InChI is InChI=1S/C25H31N3O4.CO2/c1-5-6-12-31-23-14-18(10-11-21(23)30-4)25(29)28-17(3)15-32-22-9-7-8-20-24(22)19(26)13-16(2)27-20;2-1-3/h7-11,13-14,17H,5-6,12,15H2,1-4H3,(H2,26,27)(H,28,29);. The number of carbonyl (C=O) groups is 1. The Labute approximate surface area is 204 Å². The summed E-state index contributed by atoms with van der Waals surface area (Å²) in [5.74, 6) is 1.60. The second kappa shape index (κ2) is 13.6. The van der Waals surface area contributed by atoms with E-state index in [9.17, 15) is 4.79 Å². The minimum absolute atomic E-state index is 0.209. The Bertz CT molecular complexity index is 1180. The number of fused-ring (bicyclic) bond motifs is 1. The van der Waals surface area contributed by atoms with Gasteiger partial charge in [0.25, 0.3) is 5.91 Å². The van der Waals surface area contributed by atoms with Crippen molar-refractivity contribution in [2.24, 2.45) is 0 Å². The normalized spacial score (nSPS) is 11.0. The van der Waals surface area contributed by atoms with Crippen LogP contribution in [0.15, 0.2) is 42.5 Å². The van der Waals surface area contributed by atoms with E-state index in [1.807, 2.05) is 38.1 Å². The molecule has 1 unspecified atom stereocenters. The molecule has 0 spiro atoms. The van der Waals surface area contributed by atoms with Gasteiger partial charge in [0, 0.05) is 16.9 Å². The van der Waals surface area contributed by atoms with Crippen LogP contribution in [0, 0.1) is 6.92 Å². The molecule has 0 saturated carbocycles. The lowest BCUT2D eigenvalue weighted by Gasteiger charge is -2.17. The molecule has 0 aliphatic heterocycles. The topological polar surface area (TPSA) is 130 Å². The van der Waals surface area contributed by atoms with Crippen molar-refractivity contribution in [2.75, 3.05) is 26.1 Å². The number of pyridine rings is 1. The molecule has 1 atom stereocenters. The van der Waals surface area contributed by atoms with Crippen molar-refractivity contribution >= 4 is 28.6 Å². The SMILES string of the molecule is CCCCOc1cc(C(=O)NC(C)COc2cccc3nc(C)cc(N)c23)ccc1OC.O=C=O. The van der Waals surface area contributed by atoms with Crippen molar-refractivity contribution in [3.8, 4) is 17.2 Å². The molecular weight excluding hydrogens is 450 g/mol. The first-order chi connectivity index (χ1) is 16.8. The number of benzene rings is 2. The van der Waals surface area contributed by atoms with Crippen LogP contribution >= 0.6 is 0 Å². The highest BCUT2D eigenvalue weighted by Crippen LogP contribution is 2.30. The molecule has 9 nitrogen and oxygen atoms in total. The van der Waals surface area contributed by atoms with E-state index in [0.717, 1.165) is 29.4 Å². The number of hydrogen-bond donors (Lipinski definition) is 2. The van der Waals surface area contributed by atoms with E-state index in [1.54, 1.807) is 25.3 Å². The summed E-state index contributed by atoms with van der Waals surface area (Å²) >= 11 is 0. The molecule has 35 heavy (non-hydrogen) atoms. The van der Waals surface area contributed by atoms with Crippen molar-refractivity contribution in [2.45, 2.75) is 39.7 Å². The molecule has 0 aliphatic rings. The van der Waals surface area contributed by atoms with Gasteiger partial charge in [-0.05, 0) is 56.7 Å². The van der Waals surface area contributed by atoms with Crippen LogP contribution in [0.3, 0.4) is 0 Å². The molecule has 2 aromatic carbocycles. The van der Waals surface area contributed by atoms with E-state index in [1.165, 1.54) is 0 Å². The zero-order valence-corrected chi connectivity index (χ0v) is 20.4. The van der Waals surface area contributed by atoms with E-state index in [4.69, 9.17) is 29.5 Å². The molecule has 3 rings (SSSR count). The highest BCUT2D eigenvalue weighted by Gasteiger charge is 2.15. The number of ether oxygens (including phenoxy) is 3. The Balaban J connectivity index is 0.00000137. The molecule has 0 aliphatic carbocycles. The Morgan fingerprint density at radius 1 is 1.11 bits per heavy atom. The monoisotopic (exact) mass is 481 g/mol. The van der Waals surface area contributed by atoms with Gasteiger partial charge in [-0.1, -0.05) is 19.4 Å². The van der Waals surface area contributed by atoms with E-state index >= 15 is 0 Å². The first-order valence-corrected chi connectivity index (χ1v) is 11.2. The number of nitrogens with two attached hydrogens (primary N) is 1. The fourth-order valence-corrected chi connectivity index (χ4v) is 3.36. The number of amides is 1. The number of anilines is 1. The van der Waals surface area contributed by atoms with Gasteiger partial charge in [-0.2, -0.15) is 9.59 Å². The van der Waals surface area contributed by atoms with E-state index in [2.05, 4.69) is 17.2 Å². The predicted octanol–water partition coefficient (Wildman–Crippen LogP) is 3.93. The summed E-state index contributed by atoms with van der Waals surface area (Å²) in [5, 5.41) is 3.74. The number of nitrogens with one attached hydrogen (secondary N) is 1. The van der Waals surface area contributed by atoms with Crippen LogP contribution in [0.1, 0.15) is 42.7 Å². The molecule has 0 fully saturated rings. The average Bonchev–Trinajstić information content (AvgIpc) is 2.83. The number of unbranched alkanes of at least 4 members (excludes halogenated alkanes) is 1. The van der Waals surface area contributed by atoms with Crippen LogP contribution in [0.5, 0.6) is 17.2 Å². The number of hydrogen-bond acceptors (Lipinski definition) is 8. The number of methoxy groups -OCH3 is 1. The molecule has 0 saturated heterocycles. The van der Waals surface area contributed by atoms with Gasteiger partial charge in [-0.15, -0.1) is 0 Å². The maximum absolute atomic E-state index is 12.8. The van der Waals surface area contributed by atoms with Crippen molar-refractivity contribution in [1.29, 1.82) is 0 Å². The Morgan fingerprint density at radius 2 is 1.86 bits per heavy atom. The number of aryl methyl sites for hydroxylation is 1. The third-order valence-electron chi connectivity index (χ3n) is 5.00. The summed E-state index contributed by atoms with van der Waals surface area (Å²) < 4.78 is 17.1. The van der Waals surface area contributed by atoms with Crippen molar-refractivity contribution in [3.05, 3.63) is 53.7 Å². The Morgan fingerprint density at radius 3 is 2.54 bits per heavy atom. The zero-order chi connectivity index (χ0) is 25.8. The lowest BCUT2D eigenvalue weighted by Crippen LogP contribution is -2.36. The summed E-state index contributed by atoms with van der Waals surface area (Å²) in [7, 11) is 1.58. The molecule has 1 heterocycles. The lowest BCUT2D eigenvalue weighted by atomic mass is 10.1. The summed E-state index contributed by atoms with van der Waals surface area (Å²) in [6, 6.07) is 12.4. The summed E-state index contributed by atoms with van der Waals surface area (Å²) in [4.78, 5) is 33.5. The first-order valence-electron chi connectivity index (χ1n) is 11.2. The maximum atomic E-state index is 12.8. The van der Waals surface area contributed by atoms with Gasteiger partial charge in [0.15, 0.2) is 11.5 Å². The maximum Gasteiger partial charge on any atom is 0.373 e. The largest absolute Gasteiger partial charge is 0.493 e. The van der Waals surface area contributed by atoms with Gasteiger partial charge < -0.3 is 25.3 Å². The molecule has 3 N–H and O–H groups in total. The number of nitrogens with zero attached hydrogens (tertiary/aromatic N) is 1. The average molecular weight is 482 g/mol. The summed E-state index contributed by atoms with van der Waals surface area (Å²) in [5.41, 5.74) is 8.94. The molecule has 0 bridgehead atoms. The van der Waals surface area contributed by atoms with Crippen LogP contribution in [0.4, 0.5) is 5.69 Å². The molecule has 1 aromatic heterocycles. The second-order valence-electron chi connectivity index (χ2n) is 7.84. The molecule has 0 radical (unpaired) electrons. The summed E-state index contributed by atoms with van der Waals surface area (Å²) in [6.07, 6.45) is 2.21. The fraction of sp³-hybridized carbons (Fsp3) is 0.346. The van der Waals surface area contributed by atoms with Gasteiger partial charge in [-0.3, -0.25) is 9.78 Å². The lowest BCUT2D eigenvalue weighted by molar-refractivity contribution is -0.191. The summed E-state index contributed by atoms with van der Waals surface area (Å²) in [6.45, 7) is 6.74. The van der Waals surface area contributed by atoms with Crippen LogP contribution in [-0.4, -0.2) is 43.4 Å². The van der Waals surface area contributed by atoms with Crippen LogP contribution in [0.25, 0.3) is 10.9 Å². The molecule has 9 heteroatoms. The third kappa shape index (κ3) is 7.72. The van der Waals surface area contributed by atoms with E-state index < -0.39 is 0 Å². The molecule has 186 valence electrons. The highest BCUT2D eigenvalue weighted by molar-refractivity contribution is 5.96. The van der Waals surface area contributed by atoms with Gasteiger partial charge in [0.05, 0.1) is 30.7 Å². The zero-order valence-electron chi connectivity index (χ0n) is 20.4. The highest BCUT2D eigenvalue weighted by atomic mass is 16.5. The van der Waals surface area contributed by atoms with Crippen molar-refractivity contribution < 1.29 is 28.6 Å². The van der Waals surface area contributed by atoms with Crippen molar-refractivity contribution in [1.82, 2.24) is 10.3 Å².